The second-order valence-corrected chi connectivity index (χ2v) is 11.2. The lowest BCUT2D eigenvalue weighted by Crippen LogP contribution is -2.56. The van der Waals surface area contributed by atoms with Crippen molar-refractivity contribution in [1.29, 1.82) is 0 Å². The molecule has 2 unspecified atom stereocenters. The summed E-state index contributed by atoms with van der Waals surface area (Å²) in [5, 5.41) is 10.9. The van der Waals surface area contributed by atoms with E-state index in [0.717, 1.165) is 28.0 Å². The number of Topliss-reactive ketones (excluding diaryl/α,β-unsaturated/α-hetero) is 1. The zero-order valence-corrected chi connectivity index (χ0v) is 22.1. The first kappa shape index (κ1) is 25.0. The molecule has 3 aromatic heterocycles. The summed E-state index contributed by atoms with van der Waals surface area (Å²) in [4.78, 5) is 34.2. The van der Waals surface area contributed by atoms with Crippen LogP contribution >= 0.6 is 0 Å². The number of amides is 2. The maximum Gasteiger partial charge on any atom is 0.320 e. The van der Waals surface area contributed by atoms with Crippen molar-refractivity contribution in [1.82, 2.24) is 23.8 Å². The van der Waals surface area contributed by atoms with E-state index in [1.165, 1.54) is 24.0 Å². The van der Waals surface area contributed by atoms with E-state index >= 15 is 4.39 Å². The van der Waals surface area contributed by atoms with Crippen LogP contribution in [0.5, 0.6) is 0 Å². The van der Waals surface area contributed by atoms with Gasteiger partial charge >= 0.3 is 6.03 Å². The number of aromatic nitrogens is 3. The van der Waals surface area contributed by atoms with Crippen molar-refractivity contribution >= 4 is 39.5 Å². The maximum absolute atomic E-state index is 15.1. The molecule has 2 aliphatic heterocycles. The van der Waals surface area contributed by atoms with E-state index in [-0.39, 0.29) is 37.9 Å². The molecule has 8 nitrogen and oxygen atoms in total. The van der Waals surface area contributed by atoms with E-state index in [1.807, 2.05) is 39.6 Å². The molecule has 0 spiro atoms. The van der Waals surface area contributed by atoms with Crippen molar-refractivity contribution in [2.24, 2.45) is 0 Å². The summed E-state index contributed by atoms with van der Waals surface area (Å²) in [5.41, 5.74) is 3.56. The van der Waals surface area contributed by atoms with E-state index in [1.54, 1.807) is 11.1 Å². The normalized spacial score (nSPS) is 23.5. The SMILES string of the molecule is CC1(F)CCN(C(=O)N2CCn3cc(C4=C(c5cnc6ccccn56)C(=O)CC4)c4cc(F)cc(c43)C2)CC1O. The Balaban J connectivity index is 1.28. The molecule has 7 rings (SSSR count). The second kappa shape index (κ2) is 8.99. The average Bonchev–Trinajstić information content (AvgIpc) is 3.58. The van der Waals surface area contributed by atoms with Gasteiger partial charge in [-0.05, 0) is 48.7 Å². The molecular weight excluding hydrogens is 516 g/mol. The van der Waals surface area contributed by atoms with Gasteiger partial charge in [-0.1, -0.05) is 6.07 Å². The van der Waals surface area contributed by atoms with E-state index in [4.69, 9.17) is 0 Å². The minimum atomic E-state index is -1.72. The monoisotopic (exact) mass is 545 g/mol. The van der Waals surface area contributed by atoms with Gasteiger partial charge in [-0.2, -0.15) is 0 Å². The summed E-state index contributed by atoms with van der Waals surface area (Å²) in [6, 6.07) is 8.34. The number of alkyl halides is 1. The lowest BCUT2D eigenvalue weighted by molar-refractivity contribution is -0.113. The fourth-order valence-corrected chi connectivity index (χ4v) is 6.43. The van der Waals surface area contributed by atoms with Gasteiger partial charge in [0.25, 0.3) is 0 Å². The number of piperidine rings is 1. The molecule has 40 heavy (non-hydrogen) atoms. The molecule has 1 aliphatic carbocycles. The number of pyridine rings is 1. The van der Waals surface area contributed by atoms with Gasteiger partial charge in [-0.15, -0.1) is 0 Å². The van der Waals surface area contributed by atoms with Crippen molar-refractivity contribution in [2.45, 2.75) is 51.0 Å². The molecule has 0 saturated carbocycles. The number of nitrogens with zero attached hydrogens (tertiary/aromatic N) is 5. The fraction of sp³-hybridized carbons (Fsp3) is 0.367. The summed E-state index contributed by atoms with van der Waals surface area (Å²) in [6.07, 6.45) is 5.31. The van der Waals surface area contributed by atoms with Crippen LogP contribution in [0.25, 0.3) is 27.7 Å². The van der Waals surface area contributed by atoms with E-state index in [0.29, 0.717) is 42.5 Å². The third-order valence-corrected chi connectivity index (χ3v) is 8.67. The standard InChI is InChI=1S/C30H29F2N5O3/c1-30(32)7-9-35(17-25(30)39)29(40)36-11-10-34-16-22(21-13-19(31)12-18(15-36)28(21)34)20-5-6-24(38)27(20)23-14-33-26-4-2-3-8-37(23)26/h2-4,8,12-14,16,25,39H,5-7,9-11,15,17H2,1H3. The number of benzene rings is 1. The largest absolute Gasteiger partial charge is 0.388 e. The van der Waals surface area contributed by atoms with Gasteiger partial charge in [-0.3, -0.25) is 9.20 Å². The van der Waals surface area contributed by atoms with Crippen LogP contribution in [-0.2, 0) is 17.9 Å². The third-order valence-electron chi connectivity index (χ3n) is 8.67. The van der Waals surface area contributed by atoms with Crippen molar-refractivity contribution in [2.75, 3.05) is 19.6 Å². The topological polar surface area (TPSA) is 83.1 Å². The highest BCUT2D eigenvalue weighted by Gasteiger charge is 2.41. The van der Waals surface area contributed by atoms with Gasteiger partial charge in [0, 0.05) is 67.9 Å². The zero-order valence-electron chi connectivity index (χ0n) is 22.1. The van der Waals surface area contributed by atoms with Gasteiger partial charge in [-0.25, -0.2) is 18.6 Å². The molecule has 1 N–H and O–H groups in total. The summed E-state index contributed by atoms with van der Waals surface area (Å²) in [5.74, 6) is -0.381. The maximum atomic E-state index is 15.1. The Labute approximate surface area is 229 Å². The number of imidazole rings is 1. The fourth-order valence-electron chi connectivity index (χ4n) is 6.43. The Hall–Kier alpha value is -4.05. The molecule has 2 amide bonds. The summed E-state index contributed by atoms with van der Waals surface area (Å²) < 4.78 is 33.5. The molecule has 5 heterocycles. The minimum absolute atomic E-state index is 0.0372. The lowest BCUT2D eigenvalue weighted by Gasteiger charge is -2.40. The third kappa shape index (κ3) is 3.84. The van der Waals surface area contributed by atoms with Crippen LogP contribution in [0, 0.1) is 5.82 Å². The zero-order chi connectivity index (χ0) is 27.8. The Morgan fingerprint density at radius 2 is 2.00 bits per heavy atom. The average molecular weight is 546 g/mol. The van der Waals surface area contributed by atoms with Crippen LogP contribution in [0.2, 0.25) is 0 Å². The molecule has 0 radical (unpaired) electrons. The van der Waals surface area contributed by atoms with Crippen LogP contribution < -0.4 is 0 Å². The quantitative estimate of drug-likeness (QED) is 0.404. The Morgan fingerprint density at radius 1 is 1.15 bits per heavy atom. The van der Waals surface area contributed by atoms with Gasteiger partial charge < -0.3 is 19.5 Å². The van der Waals surface area contributed by atoms with Crippen molar-refractivity contribution in [3.05, 3.63) is 71.6 Å². The molecular formula is C30H29F2N5O3. The summed E-state index contributed by atoms with van der Waals surface area (Å²) >= 11 is 0. The Kier molecular flexibility index (Phi) is 5.61. The predicted molar refractivity (Wildman–Crippen MR) is 146 cm³/mol. The molecule has 1 saturated heterocycles. The number of allylic oxidation sites excluding steroid dienone is 2. The molecule has 3 aliphatic rings. The molecule has 10 heteroatoms. The first-order chi connectivity index (χ1) is 19.2. The van der Waals surface area contributed by atoms with Gasteiger partial charge in [0.2, 0.25) is 0 Å². The van der Waals surface area contributed by atoms with Crippen LogP contribution in [0.1, 0.15) is 43.0 Å². The molecule has 4 aromatic rings. The molecule has 1 aromatic carbocycles. The lowest BCUT2D eigenvalue weighted by atomic mass is 9.93. The number of fused-ring (bicyclic) bond motifs is 1. The Morgan fingerprint density at radius 3 is 2.83 bits per heavy atom. The van der Waals surface area contributed by atoms with Crippen LogP contribution in [0.15, 0.2) is 48.9 Å². The molecule has 2 atom stereocenters. The van der Waals surface area contributed by atoms with Crippen molar-refractivity contribution in [3.63, 3.8) is 0 Å². The van der Waals surface area contributed by atoms with E-state index in [9.17, 15) is 19.1 Å². The number of carbonyl (C=O) groups is 2. The van der Waals surface area contributed by atoms with Crippen molar-refractivity contribution < 1.29 is 23.5 Å². The van der Waals surface area contributed by atoms with Crippen LogP contribution in [-0.4, -0.2) is 72.1 Å². The highest BCUT2D eigenvalue weighted by molar-refractivity contribution is 6.31. The van der Waals surface area contributed by atoms with Gasteiger partial charge in [0.15, 0.2) is 5.78 Å². The number of β-amino-alcohol motifs (C(OH)–C–C–N with tert-alkyl or cyclic N) is 1. The minimum Gasteiger partial charge on any atom is -0.388 e. The second-order valence-electron chi connectivity index (χ2n) is 11.2. The number of aliphatic hydroxyl groups is 1. The van der Waals surface area contributed by atoms with Crippen molar-refractivity contribution in [3.8, 4) is 0 Å². The highest BCUT2D eigenvalue weighted by Crippen LogP contribution is 2.42. The number of urea groups is 1. The number of carbonyl (C=O) groups excluding carboxylic acids is 2. The first-order valence-electron chi connectivity index (χ1n) is 13.6. The number of hydrogen-bond donors (Lipinski definition) is 1. The number of aliphatic hydroxyl groups excluding tert-OH is 1. The highest BCUT2D eigenvalue weighted by atomic mass is 19.1. The van der Waals surface area contributed by atoms with E-state index < -0.39 is 17.6 Å². The smallest absolute Gasteiger partial charge is 0.320 e. The molecule has 1 fully saturated rings. The molecule has 0 bridgehead atoms. The number of rotatable bonds is 2. The Bertz CT molecular complexity index is 1740. The number of hydrogen-bond acceptors (Lipinski definition) is 4. The summed E-state index contributed by atoms with van der Waals surface area (Å²) in [6.45, 7) is 2.52. The van der Waals surface area contributed by atoms with E-state index in [2.05, 4.69) is 4.98 Å². The van der Waals surface area contributed by atoms with Crippen LogP contribution in [0.4, 0.5) is 13.6 Å². The first-order valence-corrected chi connectivity index (χ1v) is 13.6. The van der Waals surface area contributed by atoms with Gasteiger partial charge in [0.1, 0.15) is 23.2 Å². The number of likely N-dealkylation sites (tertiary alicyclic amines) is 1. The van der Waals surface area contributed by atoms with Crippen LogP contribution in [0.3, 0.4) is 0 Å². The number of ketones is 1. The van der Waals surface area contributed by atoms with Gasteiger partial charge in [0.05, 0.1) is 24.0 Å². The number of halogens is 2. The predicted octanol–water partition coefficient (Wildman–Crippen LogP) is 4.43. The summed E-state index contributed by atoms with van der Waals surface area (Å²) in [7, 11) is 0. The molecule has 206 valence electrons.